The van der Waals surface area contributed by atoms with Crippen LogP contribution in [0.1, 0.15) is 23.6 Å². The highest BCUT2D eigenvalue weighted by Crippen LogP contribution is 2.11. The van der Waals surface area contributed by atoms with Gasteiger partial charge in [-0.15, -0.1) is 0 Å². The molecule has 2 rings (SSSR count). The number of benzene rings is 2. The number of hydrogen-bond acceptors (Lipinski definition) is 4. The molecule has 0 bridgehead atoms. The van der Waals surface area contributed by atoms with Crippen LogP contribution in [-0.2, 0) is 22.5 Å². The summed E-state index contributed by atoms with van der Waals surface area (Å²) in [5, 5.41) is 7.97. The lowest BCUT2D eigenvalue weighted by Gasteiger charge is -2.07. The largest absolute Gasteiger partial charge is 0.399 e. The summed E-state index contributed by atoms with van der Waals surface area (Å²) in [6, 6.07) is 18.8. The van der Waals surface area contributed by atoms with Crippen LogP contribution >= 0.6 is 0 Å². The van der Waals surface area contributed by atoms with E-state index in [0.717, 1.165) is 18.4 Å². The second-order valence-electron chi connectivity index (χ2n) is 5.16. The molecule has 0 amide bonds. The van der Waals surface area contributed by atoms with Gasteiger partial charge in [0.25, 0.3) is 0 Å². The quantitative estimate of drug-likeness (QED) is 0.576. The van der Waals surface area contributed by atoms with Gasteiger partial charge in [0.05, 0.1) is 0 Å². The highest BCUT2D eigenvalue weighted by atomic mass is 16.6. The smallest absolute Gasteiger partial charge is 0.134 e. The van der Waals surface area contributed by atoms with E-state index in [1.807, 2.05) is 25.1 Å². The predicted molar refractivity (Wildman–Crippen MR) is 94.0 cm³/mol. The van der Waals surface area contributed by atoms with E-state index in [2.05, 4.69) is 46.7 Å². The SMILES string of the molecule is CON=C(C)C(=NOC)c1ccc(CCc2ccccc2)cc1. The second kappa shape index (κ2) is 8.73. The minimum absolute atomic E-state index is 0.670. The van der Waals surface area contributed by atoms with Crippen LogP contribution in [-0.4, -0.2) is 25.6 Å². The Bertz CT molecular complexity index is 662. The Morgan fingerprint density at radius 2 is 1.35 bits per heavy atom. The predicted octanol–water partition coefficient (Wildman–Crippen LogP) is 3.84. The summed E-state index contributed by atoms with van der Waals surface area (Å²) in [5.74, 6) is 0. The minimum atomic E-state index is 0.670. The molecule has 2 aromatic rings. The molecule has 0 saturated carbocycles. The molecule has 0 N–H and O–H groups in total. The molecule has 2 aromatic carbocycles. The summed E-state index contributed by atoms with van der Waals surface area (Å²) in [4.78, 5) is 9.73. The fourth-order valence-electron chi connectivity index (χ4n) is 2.36. The van der Waals surface area contributed by atoms with Crippen molar-refractivity contribution in [2.75, 3.05) is 14.2 Å². The molecule has 0 aliphatic heterocycles. The molecular formula is C19H22N2O2. The van der Waals surface area contributed by atoms with E-state index in [1.54, 1.807) is 0 Å². The molecule has 4 nitrogen and oxygen atoms in total. The van der Waals surface area contributed by atoms with Gasteiger partial charge in [-0.1, -0.05) is 64.9 Å². The maximum absolute atomic E-state index is 4.91. The molecule has 4 heteroatoms. The van der Waals surface area contributed by atoms with Crippen molar-refractivity contribution in [1.29, 1.82) is 0 Å². The van der Waals surface area contributed by atoms with Gasteiger partial charge in [-0.05, 0) is 30.9 Å². The number of aryl methyl sites for hydroxylation is 2. The van der Waals surface area contributed by atoms with Crippen LogP contribution in [0.3, 0.4) is 0 Å². The molecular weight excluding hydrogens is 288 g/mol. The van der Waals surface area contributed by atoms with E-state index in [1.165, 1.54) is 25.3 Å². The lowest BCUT2D eigenvalue weighted by molar-refractivity contribution is 0.210. The fourth-order valence-corrected chi connectivity index (χ4v) is 2.36. The van der Waals surface area contributed by atoms with Crippen molar-refractivity contribution < 1.29 is 9.68 Å². The monoisotopic (exact) mass is 310 g/mol. The van der Waals surface area contributed by atoms with Crippen LogP contribution in [0.2, 0.25) is 0 Å². The Kier molecular flexibility index (Phi) is 6.36. The topological polar surface area (TPSA) is 43.2 Å². The van der Waals surface area contributed by atoms with Crippen molar-refractivity contribution in [3.63, 3.8) is 0 Å². The third kappa shape index (κ3) is 4.95. The standard InChI is InChI=1S/C19H22N2O2/c1-15(20-22-2)19(21-23-3)18-13-11-17(12-14-18)10-9-16-7-5-4-6-8-16/h4-8,11-14H,9-10H2,1-3H3. The lowest BCUT2D eigenvalue weighted by Crippen LogP contribution is -2.13. The van der Waals surface area contributed by atoms with E-state index < -0.39 is 0 Å². The Morgan fingerprint density at radius 3 is 1.91 bits per heavy atom. The van der Waals surface area contributed by atoms with Gasteiger partial charge in [0.2, 0.25) is 0 Å². The van der Waals surface area contributed by atoms with Crippen LogP contribution in [0.25, 0.3) is 0 Å². The molecule has 120 valence electrons. The van der Waals surface area contributed by atoms with Crippen molar-refractivity contribution >= 4 is 11.4 Å². The highest BCUT2D eigenvalue weighted by Gasteiger charge is 2.09. The van der Waals surface area contributed by atoms with Crippen LogP contribution in [0.5, 0.6) is 0 Å². The van der Waals surface area contributed by atoms with Gasteiger partial charge in [0, 0.05) is 5.56 Å². The van der Waals surface area contributed by atoms with E-state index in [4.69, 9.17) is 9.68 Å². The first-order valence-electron chi connectivity index (χ1n) is 7.57. The van der Waals surface area contributed by atoms with Gasteiger partial charge in [-0.3, -0.25) is 0 Å². The first kappa shape index (κ1) is 16.7. The Morgan fingerprint density at radius 1 is 0.783 bits per heavy atom. The summed E-state index contributed by atoms with van der Waals surface area (Å²) in [6.45, 7) is 1.84. The van der Waals surface area contributed by atoms with E-state index in [0.29, 0.717) is 11.4 Å². The first-order chi connectivity index (χ1) is 11.2. The number of hydrogen-bond donors (Lipinski definition) is 0. The van der Waals surface area contributed by atoms with Gasteiger partial charge in [0.1, 0.15) is 25.6 Å². The summed E-state index contributed by atoms with van der Waals surface area (Å²) in [5.41, 5.74) is 4.93. The van der Waals surface area contributed by atoms with Crippen molar-refractivity contribution in [3.8, 4) is 0 Å². The molecule has 0 unspecified atom stereocenters. The summed E-state index contributed by atoms with van der Waals surface area (Å²) in [6.07, 6.45) is 2.04. The average Bonchev–Trinajstić information content (AvgIpc) is 2.59. The molecule has 0 spiro atoms. The molecule has 0 aromatic heterocycles. The van der Waals surface area contributed by atoms with E-state index >= 15 is 0 Å². The van der Waals surface area contributed by atoms with E-state index in [9.17, 15) is 0 Å². The minimum Gasteiger partial charge on any atom is -0.399 e. The zero-order chi connectivity index (χ0) is 16.5. The normalized spacial score (nSPS) is 12.1. The van der Waals surface area contributed by atoms with Crippen LogP contribution in [0.15, 0.2) is 64.9 Å². The zero-order valence-corrected chi connectivity index (χ0v) is 13.8. The van der Waals surface area contributed by atoms with Crippen molar-refractivity contribution in [2.45, 2.75) is 19.8 Å². The van der Waals surface area contributed by atoms with Crippen molar-refractivity contribution in [1.82, 2.24) is 0 Å². The zero-order valence-electron chi connectivity index (χ0n) is 13.8. The highest BCUT2D eigenvalue weighted by molar-refractivity contribution is 6.47. The Balaban J connectivity index is 2.08. The maximum Gasteiger partial charge on any atom is 0.134 e. The molecule has 0 aliphatic rings. The second-order valence-corrected chi connectivity index (χ2v) is 5.16. The average molecular weight is 310 g/mol. The van der Waals surface area contributed by atoms with Gasteiger partial charge >= 0.3 is 0 Å². The number of nitrogens with zero attached hydrogens (tertiary/aromatic N) is 2. The maximum atomic E-state index is 4.91. The van der Waals surface area contributed by atoms with E-state index in [-0.39, 0.29) is 0 Å². The number of oxime groups is 2. The summed E-state index contributed by atoms with van der Waals surface area (Å²) < 4.78 is 0. The molecule has 0 fully saturated rings. The lowest BCUT2D eigenvalue weighted by atomic mass is 10.0. The molecule has 0 saturated heterocycles. The van der Waals surface area contributed by atoms with Crippen molar-refractivity contribution in [2.24, 2.45) is 10.3 Å². The molecule has 0 radical (unpaired) electrons. The third-order valence-electron chi connectivity index (χ3n) is 3.53. The third-order valence-corrected chi connectivity index (χ3v) is 3.53. The Labute approximate surface area is 137 Å². The summed E-state index contributed by atoms with van der Waals surface area (Å²) in [7, 11) is 3.04. The van der Waals surface area contributed by atoms with Crippen LogP contribution in [0, 0.1) is 0 Å². The number of rotatable bonds is 7. The first-order valence-corrected chi connectivity index (χ1v) is 7.57. The van der Waals surface area contributed by atoms with Gasteiger partial charge in [0.15, 0.2) is 0 Å². The molecule has 23 heavy (non-hydrogen) atoms. The van der Waals surface area contributed by atoms with Crippen LogP contribution in [0.4, 0.5) is 0 Å². The van der Waals surface area contributed by atoms with Gasteiger partial charge < -0.3 is 9.68 Å². The Hall–Kier alpha value is -2.62. The van der Waals surface area contributed by atoms with Crippen LogP contribution < -0.4 is 0 Å². The fraction of sp³-hybridized carbons (Fsp3) is 0.263. The van der Waals surface area contributed by atoms with Gasteiger partial charge in [-0.2, -0.15) is 0 Å². The summed E-state index contributed by atoms with van der Waals surface area (Å²) >= 11 is 0. The molecule has 0 aliphatic carbocycles. The molecule has 0 atom stereocenters. The van der Waals surface area contributed by atoms with Gasteiger partial charge in [-0.25, -0.2) is 0 Å². The molecule has 0 heterocycles. The van der Waals surface area contributed by atoms with Crippen molar-refractivity contribution in [3.05, 3.63) is 71.3 Å².